The molecular weight excluding hydrogens is 288 g/mol. The molecule has 0 aliphatic carbocycles. The minimum absolute atomic E-state index is 0.194. The van der Waals surface area contributed by atoms with Gasteiger partial charge >= 0.3 is 5.97 Å². The van der Waals surface area contributed by atoms with Crippen molar-refractivity contribution in [2.45, 2.75) is 6.61 Å². The zero-order chi connectivity index (χ0) is 15.3. The molecule has 0 unspecified atom stereocenters. The summed E-state index contributed by atoms with van der Waals surface area (Å²) in [7, 11) is -2.29. The lowest BCUT2D eigenvalue weighted by molar-refractivity contribution is 0.0472. The molecule has 0 fully saturated rings. The third-order valence-electron chi connectivity index (χ3n) is 2.50. The Morgan fingerprint density at radius 1 is 1.24 bits per heavy atom. The number of rotatable bonds is 4. The molecule has 0 saturated carbocycles. The van der Waals surface area contributed by atoms with E-state index in [-0.39, 0.29) is 12.2 Å². The second-order valence-corrected chi connectivity index (χ2v) is 7.31. The summed E-state index contributed by atoms with van der Waals surface area (Å²) in [5.41, 5.74) is 1.60. The summed E-state index contributed by atoms with van der Waals surface area (Å²) in [4.78, 5) is 15.9. The topological polar surface area (TPSA) is 68.6 Å². The van der Waals surface area contributed by atoms with Crippen LogP contribution in [-0.2, 0) is 21.1 Å². The van der Waals surface area contributed by atoms with Gasteiger partial charge < -0.3 is 4.74 Å². The molecule has 0 aliphatic heterocycles. The van der Waals surface area contributed by atoms with E-state index >= 15 is 0 Å². The molecule has 0 N–H and O–H groups in total. The maximum atomic E-state index is 12.0. The Bertz CT molecular complexity index is 743. The molecule has 1 aromatic heterocycles. The van der Waals surface area contributed by atoms with Crippen molar-refractivity contribution in [1.82, 2.24) is 4.98 Å². The van der Waals surface area contributed by atoms with Crippen LogP contribution in [0, 0.1) is 0 Å². The van der Waals surface area contributed by atoms with Crippen molar-refractivity contribution in [1.29, 1.82) is 0 Å². The Morgan fingerprint density at radius 2 is 1.95 bits per heavy atom. The van der Waals surface area contributed by atoms with E-state index in [1.165, 1.54) is 31.0 Å². The van der Waals surface area contributed by atoms with E-state index in [4.69, 9.17) is 4.74 Å². The van der Waals surface area contributed by atoms with Crippen molar-refractivity contribution in [2.24, 2.45) is 4.36 Å². The largest absolute Gasteiger partial charge is 0.457 e. The van der Waals surface area contributed by atoms with Crippen molar-refractivity contribution in [3.63, 3.8) is 0 Å². The van der Waals surface area contributed by atoms with Gasteiger partial charge in [0.1, 0.15) is 6.61 Å². The van der Waals surface area contributed by atoms with Gasteiger partial charge in [-0.25, -0.2) is 9.00 Å². The van der Waals surface area contributed by atoms with Crippen LogP contribution in [0.1, 0.15) is 15.9 Å². The number of carbonyl (C=O) groups is 1. The molecule has 21 heavy (non-hydrogen) atoms. The van der Waals surface area contributed by atoms with Gasteiger partial charge in [0.25, 0.3) is 0 Å². The van der Waals surface area contributed by atoms with Crippen molar-refractivity contribution in [3.05, 3.63) is 59.9 Å². The van der Waals surface area contributed by atoms with Crippen LogP contribution in [0.25, 0.3) is 0 Å². The maximum Gasteiger partial charge on any atom is 0.340 e. The first-order valence-electron chi connectivity index (χ1n) is 6.27. The van der Waals surface area contributed by atoms with Crippen LogP contribution in [0.2, 0.25) is 0 Å². The Kier molecular flexibility index (Phi) is 4.70. The summed E-state index contributed by atoms with van der Waals surface area (Å²) in [5.74, 6) is -0.484. The number of benzene rings is 1. The van der Waals surface area contributed by atoms with E-state index in [2.05, 4.69) is 9.35 Å². The molecule has 1 heterocycles. The third-order valence-corrected chi connectivity index (χ3v) is 3.15. The molecule has 0 amide bonds. The normalized spacial score (nSPS) is 11.0. The first-order valence-corrected chi connectivity index (χ1v) is 8.60. The molecule has 110 valence electrons. The van der Waals surface area contributed by atoms with Gasteiger partial charge in [0, 0.05) is 28.4 Å². The van der Waals surface area contributed by atoms with Crippen LogP contribution in [-0.4, -0.2) is 27.7 Å². The standard InChI is InChI=1S/C15H16N2O3S/c1-21(2,19)17-14-8-13(9-16-10-14)15(18)20-11-12-6-4-3-5-7-12/h3-10H,11H2,1-2H3. The van der Waals surface area contributed by atoms with Gasteiger partial charge in [0.15, 0.2) is 0 Å². The number of aromatic nitrogens is 1. The summed E-state index contributed by atoms with van der Waals surface area (Å²) in [6.45, 7) is 0.194. The van der Waals surface area contributed by atoms with Crippen LogP contribution in [0.3, 0.4) is 0 Å². The van der Waals surface area contributed by atoms with Crippen molar-refractivity contribution >= 4 is 21.4 Å². The predicted octanol–water partition coefficient (Wildman–Crippen LogP) is 2.80. The summed E-state index contributed by atoms with van der Waals surface area (Å²) in [6.07, 6.45) is 5.90. The molecule has 2 rings (SSSR count). The lowest BCUT2D eigenvalue weighted by atomic mass is 10.2. The summed E-state index contributed by atoms with van der Waals surface area (Å²) < 4.78 is 20.9. The van der Waals surface area contributed by atoms with Gasteiger partial charge in [0.2, 0.25) is 0 Å². The zero-order valence-corrected chi connectivity index (χ0v) is 12.7. The van der Waals surface area contributed by atoms with Crippen molar-refractivity contribution in [2.75, 3.05) is 12.5 Å². The van der Waals surface area contributed by atoms with Gasteiger partial charge in [-0.3, -0.25) is 4.98 Å². The number of hydrogen-bond donors (Lipinski definition) is 0. The Labute approximate surface area is 124 Å². The smallest absolute Gasteiger partial charge is 0.340 e. The molecule has 1 aromatic carbocycles. The lowest BCUT2D eigenvalue weighted by Crippen LogP contribution is -2.05. The van der Waals surface area contributed by atoms with Crippen LogP contribution < -0.4 is 0 Å². The SMILES string of the molecule is CS(C)(=O)=Nc1cncc(C(=O)OCc2ccccc2)c1. The van der Waals surface area contributed by atoms with Gasteiger partial charge in [-0.15, -0.1) is 0 Å². The second-order valence-electron chi connectivity index (χ2n) is 4.77. The quantitative estimate of drug-likeness (QED) is 0.814. The number of nitrogens with zero attached hydrogens (tertiary/aromatic N) is 2. The van der Waals surface area contributed by atoms with Gasteiger partial charge in [-0.2, -0.15) is 4.36 Å². The van der Waals surface area contributed by atoms with E-state index in [0.717, 1.165) is 5.56 Å². The number of ether oxygens (including phenoxy) is 1. The minimum Gasteiger partial charge on any atom is -0.457 e. The number of carbonyl (C=O) groups excluding carboxylic acids is 1. The Hall–Kier alpha value is -2.21. The van der Waals surface area contributed by atoms with Crippen molar-refractivity contribution < 1.29 is 13.7 Å². The summed E-state index contributed by atoms with van der Waals surface area (Å²) in [5, 5.41) is 0. The third kappa shape index (κ3) is 5.00. The predicted molar refractivity (Wildman–Crippen MR) is 81.9 cm³/mol. The molecule has 6 heteroatoms. The van der Waals surface area contributed by atoms with E-state index < -0.39 is 15.7 Å². The van der Waals surface area contributed by atoms with Crippen LogP contribution in [0.4, 0.5) is 5.69 Å². The van der Waals surface area contributed by atoms with Crippen molar-refractivity contribution in [3.8, 4) is 0 Å². The Morgan fingerprint density at radius 3 is 2.62 bits per heavy atom. The highest BCUT2D eigenvalue weighted by Gasteiger charge is 2.09. The van der Waals surface area contributed by atoms with Crippen LogP contribution >= 0.6 is 0 Å². The molecule has 0 bridgehead atoms. The van der Waals surface area contributed by atoms with E-state index in [0.29, 0.717) is 5.69 Å². The highest BCUT2D eigenvalue weighted by Crippen LogP contribution is 2.15. The molecule has 0 spiro atoms. The number of esters is 1. The molecule has 0 aliphatic rings. The fourth-order valence-electron chi connectivity index (χ4n) is 1.65. The number of hydrogen-bond acceptors (Lipinski definition) is 5. The average Bonchev–Trinajstić information content (AvgIpc) is 2.44. The highest BCUT2D eigenvalue weighted by molar-refractivity contribution is 7.92. The first kappa shape index (κ1) is 15.2. The monoisotopic (exact) mass is 304 g/mol. The highest BCUT2D eigenvalue weighted by atomic mass is 32.2. The van der Waals surface area contributed by atoms with Crippen LogP contribution in [0.15, 0.2) is 53.2 Å². The van der Waals surface area contributed by atoms with E-state index in [1.54, 1.807) is 0 Å². The maximum absolute atomic E-state index is 12.0. The second kappa shape index (κ2) is 6.49. The Balaban J connectivity index is 2.10. The van der Waals surface area contributed by atoms with Gasteiger partial charge in [-0.05, 0) is 11.6 Å². The minimum atomic E-state index is -2.29. The number of pyridine rings is 1. The van der Waals surface area contributed by atoms with Gasteiger partial charge in [0.05, 0.1) is 17.4 Å². The first-order chi connectivity index (χ1) is 9.94. The van der Waals surface area contributed by atoms with Gasteiger partial charge in [-0.1, -0.05) is 30.3 Å². The zero-order valence-electron chi connectivity index (χ0n) is 11.9. The molecule has 0 radical (unpaired) electrons. The summed E-state index contributed by atoms with van der Waals surface area (Å²) in [6, 6.07) is 10.9. The molecule has 0 saturated heterocycles. The lowest BCUT2D eigenvalue weighted by Gasteiger charge is -2.05. The summed E-state index contributed by atoms with van der Waals surface area (Å²) >= 11 is 0. The molecule has 0 atom stereocenters. The fourth-order valence-corrected chi connectivity index (χ4v) is 2.26. The molecule has 2 aromatic rings. The van der Waals surface area contributed by atoms with E-state index in [9.17, 15) is 9.00 Å². The molecular formula is C15H16N2O3S. The average molecular weight is 304 g/mol. The fraction of sp³-hybridized carbons (Fsp3) is 0.200. The molecule has 5 nitrogen and oxygen atoms in total. The van der Waals surface area contributed by atoms with E-state index in [1.807, 2.05) is 30.3 Å². The van der Waals surface area contributed by atoms with Crippen LogP contribution in [0.5, 0.6) is 0 Å².